The van der Waals surface area contributed by atoms with Crippen molar-refractivity contribution in [1.82, 2.24) is 0 Å². The van der Waals surface area contributed by atoms with Gasteiger partial charge in [0.15, 0.2) is 17.3 Å². The second-order valence-electron chi connectivity index (χ2n) is 6.52. The lowest BCUT2D eigenvalue weighted by atomic mass is 10.1. The minimum absolute atomic E-state index is 0.199. The largest absolute Gasteiger partial charge is 0.493 e. The number of esters is 1. The molecule has 2 aromatic carbocycles. The van der Waals surface area contributed by atoms with Gasteiger partial charge in [0.05, 0.1) is 25.3 Å². The number of ketones is 1. The summed E-state index contributed by atoms with van der Waals surface area (Å²) in [5, 5.41) is 1.96. The first kappa shape index (κ1) is 19.7. The zero-order valence-electron chi connectivity index (χ0n) is 16.6. The lowest BCUT2D eigenvalue weighted by Gasteiger charge is -2.09. The van der Waals surface area contributed by atoms with Crippen LogP contribution >= 0.6 is 11.3 Å². The summed E-state index contributed by atoms with van der Waals surface area (Å²) in [6.07, 6.45) is 1.73. The molecule has 1 aliphatic rings. The molecule has 2 heterocycles. The molecule has 1 aliphatic heterocycles. The second-order valence-corrected chi connectivity index (χ2v) is 7.47. The number of aryl methyl sites for hydroxylation is 1. The summed E-state index contributed by atoms with van der Waals surface area (Å²) in [6, 6.07) is 11.4. The number of ether oxygens (including phenoxy) is 4. The van der Waals surface area contributed by atoms with Gasteiger partial charge in [-0.15, -0.1) is 11.3 Å². The summed E-state index contributed by atoms with van der Waals surface area (Å²) in [7, 11) is 3.01. The van der Waals surface area contributed by atoms with Crippen molar-refractivity contribution < 1.29 is 28.5 Å². The minimum atomic E-state index is -0.565. The Hall–Kier alpha value is -3.58. The van der Waals surface area contributed by atoms with Gasteiger partial charge < -0.3 is 18.9 Å². The van der Waals surface area contributed by atoms with Crippen LogP contribution in [0.2, 0.25) is 0 Å². The molecular weight excluding hydrogens is 404 g/mol. The number of fused-ring (bicyclic) bond motifs is 1. The van der Waals surface area contributed by atoms with E-state index in [1.165, 1.54) is 31.6 Å². The van der Waals surface area contributed by atoms with Gasteiger partial charge in [-0.2, -0.15) is 0 Å². The average molecular weight is 422 g/mol. The van der Waals surface area contributed by atoms with Gasteiger partial charge in [0, 0.05) is 17.0 Å². The topological polar surface area (TPSA) is 71.1 Å². The SMILES string of the molecule is COc1ccc(C(=O)Oc2ccc3c(c2)O/C(=C\c2sccc2C)C3=O)cc1OC. The molecule has 0 saturated heterocycles. The Balaban J connectivity index is 1.54. The maximum absolute atomic E-state index is 12.6. The fourth-order valence-corrected chi connectivity index (χ4v) is 3.86. The lowest BCUT2D eigenvalue weighted by molar-refractivity contribution is 0.0734. The van der Waals surface area contributed by atoms with Crippen LogP contribution in [0, 0.1) is 6.92 Å². The molecule has 0 spiro atoms. The van der Waals surface area contributed by atoms with Gasteiger partial charge in [-0.25, -0.2) is 4.79 Å². The summed E-state index contributed by atoms with van der Waals surface area (Å²) in [5.74, 6) is 1.06. The predicted molar refractivity (Wildman–Crippen MR) is 113 cm³/mol. The molecule has 30 heavy (non-hydrogen) atoms. The van der Waals surface area contributed by atoms with E-state index in [-0.39, 0.29) is 17.3 Å². The van der Waals surface area contributed by atoms with Crippen LogP contribution in [0.25, 0.3) is 6.08 Å². The Labute approximate surface area is 177 Å². The molecule has 0 saturated carbocycles. The van der Waals surface area contributed by atoms with Crippen molar-refractivity contribution in [3.63, 3.8) is 0 Å². The maximum Gasteiger partial charge on any atom is 0.343 e. The van der Waals surface area contributed by atoms with Crippen LogP contribution in [0.15, 0.2) is 53.6 Å². The molecule has 0 bridgehead atoms. The van der Waals surface area contributed by atoms with Crippen molar-refractivity contribution in [2.75, 3.05) is 14.2 Å². The van der Waals surface area contributed by atoms with Crippen molar-refractivity contribution in [2.45, 2.75) is 6.92 Å². The monoisotopic (exact) mass is 422 g/mol. The highest BCUT2D eigenvalue weighted by atomic mass is 32.1. The fourth-order valence-electron chi connectivity index (χ4n) is 3.01. The molecule has 3 aromatic rings. The van der Waals surface area contributed by atoms with E-state index in [4.69, 9.17) is 18.9 Å². The first-order valence-corrected chi connectivity index (χ1v) is 9.94. The number of benzene rings is 2. The quantitative estimate of drug-likeness (QED) is 0.331. The molecule has 0 amide bonds. The molecule has 7 heteroatoms. The highest BCUT2D eigenvalue weighted by molar-refractivity contribution is 7.11. The Morgan fingerprint density at radius 2 is 1.83 bits per heavy atom. The van der Waals surface area contributed by atoms with E-state index in [2.05, 4.69) is 0 Å². The molecule has 0 N–H and O–H groups in total. The van der Waals surface area contributed by atoms with Crippen LogP contribution in [0.3, 0.4) is 0 Å². The van der Waals surface area contributed by atoms with Gasteiger partial charge in [-0.05, 0) is 54.3 Å². The highest BCUT2D eigenvalue weighted by Gasteiger charge is 2.28. The number of allylic oxidation sites excluding steroid dienone is 1. The zero-order chi connectivity index (χ0) is 21.3. The molecule has 0 radical (unpaired) electrons. The number of carbonyl (C=O) groups excluding carboxylic acids is 2. The third-order valence-corrected chi connectivity index (χ3v) is 5.60. The number of thiophene rings is 1. The average Bonchev–Trinajstić information content (AvgIpc) is 3.30. The molecule has 1 aromatic heterocycles. The van der Waals surface area contributed by atoms with E-state index in [0.29, 0.717) is 28.4 Å². The summed E-state index contributed by atoms with van der Waals surface area (Å²) in [5.41, 5.74) is 1.81. The minimum Gasteiger partial charge on any atom is -0.493 e. The number of Topliss-reactive ketones (excluding diaryl/α,β-unsaturated/α-hetero) is 1. The second kappa shape index (κ2) is 8.04. The van der Waals surface area contributed by atoms with Gasteiger partial charge in [0.1, 0.15) is 11.5 Å². The van der Waals surface area contributed by atoms with Crippen LogP contribution in [-0.4, -0.2) is 26.0 Å². The summed E-state index contributed by atoms with van der Waals surface area (Å²) in [4.78, 5) is 26.1. The van der Waals surface area contributed by atoms with E-state index in [1.54, 1.807) is 36.4 Å². The Bertz CT molecular complexity index is 1170. The van der Waals surface area contributed by atoms with Crippen molar-refractivity contribution in [2.24, 2.45) is 0 Å². The number of rotatable bonds is 5. The van der Waals surface area contributed by atoms with E-state index in [0.717, 1.165) is 10.4 Å². The maximum atomic E-state index is 12.6. The molecule has 0 fully saturated rings. The van der Waals surface area contributed by atoms with Gasteiger partial charge in [-0.3, -0.25) is 4.79 Å². The molecule has 4 rings (SSSR count). The van der Waals surface area contributed by atoms with Crippen LogP contribution in [0.5, 0.6) is 23.0 Å². The summed E-state index contributed by atoms with van der Waals surface area (Å²) >= 11 is 1.53. The molecule has 152 valence electrons. The van der Waals surface area contributed by atoms with E-state index >= 15 is 0 Å². The van der Waals surface area contributed by atoms with Gasteiger partial charge >= 0.3 is 5.97 Å². The van der Waals surface area contributed by atoms with Crippen LogP contribution in [-0.2, 0) is 0 Å². The Kier molecular flexibility index (Phi) is 5.29. The van der Waals surface area contributed by atoms with Gasteiger partial charge in [0.25, 0.3) is 0 Å². The Morgan fingerprint density at radius 3 is 2.53 bits per heavy atom. The van der Waals surface area contributed by atoms with Crippen molar-refractivity contribution in [3.8, 4) is 23.0 Å². The summed E-state index contributed by atoms with van der Waals surface area (Å²) in [6.45, 7) is 1.97. The number of hydrogen-bond acceptors (Lipinski definition) is 7. The Morgan fingerprint density at radius 1 is 1.03 bits per heavy atom. The predicted octanol–water partition coefficient (Wildman–Crippen LogP) is 4.91. The van der Waals surface area contributed by atoms with Crippen molar-refractivity contribution >= 4 is 29.2 Å². The smallest absolute Gasteiger partial charge is 0.343 e. The molecule has 6 nitrogen and oxygen atoms in total. The third kappa shape index (κ3) is 3.67. The highest BCUT2D eigenvalue weighted by Crippen LogP contribution is 2.36. The number of hydrogen-bond donors (Lipinski definition) is 0. The first-order valence-electron chi connectivity index (χ1n) is 9.06. The third-order valence-electron chi connectivity index (χ3n) is 4.64. The number of carbonyl (C=O) groups is 2. The molecule has 0 atom stereocenters. The van der Waals surface area contributed by atoms with Crippen molar-refractivity contribution in [3.05, 3.63) is 75.2 Å². The summed E-state index contributed by atoms with van der Waals surface area (Å²) < 4.78 is 21.6. The van der Waals surface area contributed by atoms with Gasteiger partial charge in [0.2, 0.25) is 5.78 Å². The van der Waals surface area contributed by atoms with Crippen LogP contribution < -0.4 is 18.9 Å². The molecule has 0 unspecified atom stereocenters. The van der Waals surface area contributed by atoms with Gasteiger partial charge in [-0.1, -0.05) is 0 Å². The standard InChI is InChI=1S/C23H18O6S/c1-13-8-9-30-21(13)12-20-22(24)16-6-5-15(11-18(16)29-20)28-23(25)14-4-7-17(26-2)19(10-14)27-3/h4-12H,1-3H3/b20-12-. The van der Waals surface area contributed by atoms with Crippen molar-refractivity contribution in [1.29, 1.82) is 0 Å². The lowest BCUT2D eigenvalue weighted by Crippen LogP contribution is -2.09. The fraction of sp³-hybridized carbons (Fsp3) is 0.130. The number of methoxy groups -OCH3 is 2. The van der Waals surface area contributed by atoms with Crippen LogP contribution in [0.4, 0.5) is 0 Å². The van der Waals surface area contributed by atoms with Crippen LogP contribution in [0.1, 0.15) is 31.2 Å². The van der Waals surface area contributed by atoms with E-state index in [9.17, 15) is 9.59 Å². The first-order chi connectivity index (χ1) is 14.5. The molecular formula is C23H18O6S. The molecule has 0 aliphatic carbocycles. The zero-order valence-corrected chi connectivity index (χ0v) is 17.4. The normalized spacial score (nSPS) is 13.7. The van der Waals surface area contributed by atoms with E-state index < -0.39 is 5.97 Å². The van der Waals surface area contributed by atoms with E-state index in [1.807, 2.05) is 18.4 Å².